The smallest absolute Gasteiger partial charge is 0.406 e. The van der Waals surface area contributed by atoms with Crippen molar-refractivity contribution in [3.8, 4) is 5.75 Å². The van der Waals surface area contributed by atoms with E-state index in [9.17, 15) is 13.2 Å². The molecule has 0 bridgehead atoms. The third-order valence-electron chi connectivity index (χ3n) is 3.04. The van der Waals surface area contributed by atoms with Gasteiger partial charge in [-0.2, -0.15) is 5.10 Å². The van der Waals surface area contributed by atoms with Crippen LogP contribution >= 0.6 is 0 Å². The third-order valence-corrected chi connectivity index (χ3v) is 3.04. The van der Waals surface area contributed by atoms with E-state index < -0.39 is 6.36 Å². The van der Waals surface area contributed by atoms with E-state index in [1.807, 2.05) is 24.3 Å². The first-order valence-corrected chi connectivity index (χ1v) is 6.26. The molecule has 3 rings (SSSR count). The van der Waals surface area contributed by atoms with Gasteiger partial charge in [-0.3, -0.25) is 4.68 Å². The van der Waals surface area contributed by atoms with Crippen molar-refractivity contribution in [1.29, 1.82) is 0 Å². The van der Waals surface area contributed by atoms with E-state index in [2.05, 4.69) is 9.84 Å². The van der Waals surface area contributed by atoms with Crippen LogP contribution in [0.15, 0.2) is 54.7 Å². The van der Waals surface area contributed by atoms with Crippen LogP contribution in [-0.4, -0.2) is 16.1 Å². The summed E-state index contributed by atoms with van der Waals surface area (Å²) in [6.45, 7) is 0.486. The minimum Gasteiger partial charge on any atom is -0.406 e. The van der Waals surface area contributed by atoms with Gasteiger partial charge in [0.2, 0.25) is 0 Å². The van der Waals surface area contributed by atoms with Crippen LogP contribution in [0.1, 0.15) is 5.56 Å². The summed E-state index contributed by atoms with van der Waals surface area (Å²) in [5.74, 6) is -0.225. The predicted octanol–water partition coefficient (Wildman–Crippen LogP) is 3.98. The van der Waals surface area contributed by atoms with Crippen molar-refractivity contribution < 1.29 is 17.9 Å². The Morgan fingerprint density at radius 1 is 1.00 bits per heavy atom. The Morgan fingerprint density at radius 3 is 2.43 bits per heavy atom. The van der Waals surface area contributed by atoms with E-state index in [1.54, 1.807) is 23.0 Å². The van der Waals surface area contributed by atoms with E-state index in [0.717, 1.165) is 16.5 Å². The van der Waals surface area contributed by atoms with Crippen LogP contribution in [0.4, 0.5) is 13.2 Å². The molecule has 0 aliphatic carbocycles. The maximum absolute atomic E-state index is 12.1. The summed E-state index contributed by atoms with van der Waals surface area (Å²) in [7, 11) is 0. The Kier molecular flexibility index (Phi) is 3.29. The van der Waals surface area contributed by atoms with Crippen molar-refractivity contribution in [3.63, 3.8) is 0 Å². The Labute approximate surface area is 118 Å². The van der Waals surface area contributed by atoms with Gasteiger partial charge in [0.05, 0.1) is 18.3 Å². The van der Waals surface area contributed by atoms with Crippen LogP contribution in [0, 0.1) is 0 Å². The molecular formula is C15H11F3N2O. The normalized spacial score (nSPS) is 11.8. The summed E-state index contributed by atoms with van der Waals surface area (Å²) in [6, 6.07) is 13.5. The zero-order valence-electron chi connectivity index (χ0n) is 10.8. The molecule has 0 aliphatic heterocycles. The zero-order valence-corrected chi connectivity index (χ0v) is 10.8. The van der Waals surface area contributed by atoms with E-state index in [-0.39, 0.29) is 5.75 Å². The number of hydrogen-bond acceptors (Lipinski definition) is 2. The summed E-state index contributed by atoms with van der Waals surface area (Å²) in [4.78, 5) is 0. The number of halogens is 3. The van der Waals surface area contributed by atoms with E-state index in [4.69, 9.17) is 0 Å². The number of aromatic nitrogens is 2. The summed E-state index contributed by atoms with van der Waals surface area (Å²) < 4.78 is 41.9. The lowest BCUT2D eigenvalue weighted by Crippen LogP contribution is -2.17. The Morgan fingerprint density at radius 2 is 1.71 bits per heavy atom. The zero-order chi connectivity index (χ0) is 14.9. The first-order valence-electron chi connectivity index (χ1n) is 6.26. The minimum atomic E-state index is -4.67. The van der Waals surface area contributed by atoms with Crippen LogP contribution in [0.25, 0.3) is 10.9 Å². The second-order valence-electron chi connectivity index (χ2n) is 4.55. The van der Waals surface area contributed by atoms with Gasteiger partial charge in [-0.05, 0) is 23.8 Å². The third kappa shape index (κ3) is 3.16. The number of fused-ring (bicyclic) bond motifs is 1. The number of ether oxygens (including phenoxy) is 1. The number of nitrogens with zero attached hydrogens (tertiary/aromatic N) is 2. The van der Waals surface area contributed by atoms with Crippen LogP contribution in [0.2, 0.25) is 0 Å². The molecule has 0 fully saturated rings. The van der Waals surface area contributed by atoms with Crippen molar-refractivity contribution in [2.75, 3.05) is 0 Å². The second kappa shape index (κ2) is 5.12. The molecule has 0 amide bonds. The molecule has 0 N–H and O–H groups in total. The maximum Gasteiger partial charge on any atom is 0.573 e. The number of hydrogen-bond donors (Lipinski definition) is 0. The van der Waals surface area contributed by atoms with Crippen molar-refractivity contribution in [1.82, 2.24) is 9.78 Å². The van der Waals surface area contributed by atoms with Gasteiger partial charge in [-0.15, -0.1) is 13.2 Å². The van der Waals surface area contributed by atoms with Crippen molar-refractivity contribution in [3.05, 3.63) is 60.3 Å². The van der Waals surface area contributed by atoms with Crippen LogP contribution in [0.3, 0.4) is 0 Å². The minimum absolute atomic E-state index is 0.225. The van der Waals surface area contributed by atoms with Crippen molar-refractivity contribution >= 4 is 10.9 Å². The Balaban J connectivity index is 1.79. The Hall–Kier alpha value is -2.50. The van der Waals surface area contributed by atoms with Crippen LogP contribution in [0.5, 0.6) is 5.75 Å². The molecule has 0 unspecified atom stereocenters. The highest BCUT2D eigenvalue weighted by molar-refractivity contribution is 5.78. The van der Waals surface area contributed by atoms with Crippen molar-refractivity contribution in [2.45, 2.75) is 12.9 Å². The lowest BCUT2D eigenvalue weighted by atomic mass is 10.2. The fourth-order valence-electron chi connectivity index (χ4n) is 2.12. The topological polar surface area (TPSA) is 27.1 Å². The van der Waals surface area contributed by atoms with Gasteiger partial charge in [0.25, 0.3) is 0 Å². The predicted molar refractivity (Wildman–Crippen MR) is 72.0 cm³/mol. The molecule has 2 aromatic carbocycles. The molecule has 0 aliphatic rings. The van der Waals surface area contributed by atoms with Crippen molar-refractivity contribution in [2.24, 2.45) is 0 Å². The highest BCUT2D eigenvalue weighted by Gasteiger charge is 2.30. The highest BCUT2D eigenvalue weighted by Crippen LogP contribution is 2.23. The van der Waals surface area contributed by atoms with E-state index in [1.165, 1.54) is 12.1 Å². The highest BCUT2D eigenvalue weighted by atomic mass is 19.4. The molecule has 3 aromatic rings. The molecule has 0 atom stereocenters. The Bertz CT molecular complexity index is 747. The molecule has 0 saturated carbocycles. The van der Waals surface area contributed by atoms with Gasteiger partial charge in [-0.25, -0.2) is 0 Å². The molecule has 0 spiro atoms. The quantitative estimate of drug-likeness (QED) is 0.730. The molecule has 0 saturated heterocycles. The first-order chi connectivity index (χ1) is 10.0. The molecule has 3 nitrogen and oxygen atoms in total. The largest absolute Gasteiger partial charge is 0.573 e. The second-order valence-corrected chi connectivity index (χ2v) is 4.55. The summed E-state index contributed by atoms with van der Waals surface area (Å²) >= 11 is 0. The van der Waals surface area contributed by atoms with Crippen LogP contribution in [-0.2, 0) is 6.54 Å². The lowest BCUT2D eigenvalue weighted by Gasteiger charge is -2.09. The molecule has 0 radical (unpaired) electrons. The first kappa shape index (κ1) is 13.5. The van der Waals surface area contributed by atoms with Gasteiger partial charge in [-0.1, -0.05) is 30.3 Å². The number of rotatable bonds is 3. The summed E-state index contributed by atoms with van der Waals surface area (Å²) in [5, 5.41) is 5.30. The van der Waals surface area contributed by atoms with E-state index in [0.29, 0.717) is 6.54 Å². The molecule has 1 aromatic heterocycles. The maximum atomic E-state index is 12.1. The fraction of sp³-hybridized carbons (Fsp3) is 0.133. The van der Waals surface area contributed by atoms with Crippen LogP contribution < -0.4 is 4.74 Å². The van der Waals surface area contributed by atoms with Gasteiger partial charge in [0.15, 0.2) is 0 Å². The average Bonchev–Trinajstić information content (AvgIpc) is 2.83. The molecule has 21 heavy (non-hydrogen) atoms. The summed E-state index contributed by atoms with van der Waals surface area (Å²) in [6.07, 6.45) is -2.91. The lowest BCUT2D eigenvalue weighted by molar-refractivity contribution is -0.274. The number of alkyl halides is 3. The fourth-order valence-corrected chi connectivity index (χ4v) is 2.12. The number of para-hydroxylation sites is 1. The summed E-state index contributed by atoms with van der Waals surface area (Å²) in [5.41, 5.74) is 1.83. The van der Waals surface area contributed by atoms with Gasteiger partial charge in [0.1, 0.15) is 5.75 Å². The number of benzene rings is 2. The molecule has 1 heterocycles. The molecule has 6 heteroatoms. The van der Waals surface area contributed by atoms with Gasteiger partial charge < -0.3 is 4.74 Å². The van der Waals surface area contributed by atoms with E-state index >= 15 is 0 Å². The molecular weight excluding hydrogens is 281 g/mol. The van der Waals surface area contributed by atoms with Gasteiger partial charge in [0, 0.05) is 5.39 Å². The molecule has 108 valence electrons. The monoisotopic (exact) mass is 292 g/mol. The average molecular weight is 292 g/mol. The SMILES string of the molecule is FC(F)(F)Oc1ccc(Cn2ncc3ccccc32)cc1. The van der Waals surface area contributed by atoms with Gasteiger partial charge >= 0.3 is 6.36 Å². The standard InChI is InChI=1S/C15H11F3N2O/c16-15(17,18)21-13-7-5-11(6-8-13)10-20-14-4-2-1-3-12(14)9-19-20/h1-9H,10H2.